The number of hydrogen-bond donors (Lipinski definition) is 1. The monoisotopic (exact) mass is 387 g/mol. The predicted molar refractivity (Wildman–Crippen MR) is 125 cm³/mol. The maximum absolute atomic E-state index is 10.8. The fourth-order valence-electron chi connectivity index (χ4n) is 3.11. The first-order chi connectivity index (χ1) is 13.7. The van der Waals surface area contributed by atoms with Gasteiger partial charge in [-0.2, -0.15) is 0 Å². The molecular weight excluding hydrogens is 342 g/mol. The summed E-state index contributed by atoms with van der Waals surface area (Å²) < 4.78 is 0. The fourth-order valence-corrected chi connectivity index (χ4v) is 3.11. The number of carbonyl (C=O) groups excluding carboxylic acids is 1. The lowest BCUT2D eigenvalue weighted by atomic mass is 10.0. The molecule has 0 aromatic rings. The molecule has 1 amide bonds. The number of primary amides is 1. The first-order valence-electron chi connectivity index (χ1n) is 11.6. The zero-order valence-corrected chi connectivity index (χ0v) is 18.6. The van der Waals surface area contributed by atoms with E-state index in [1.165, 1.54) is 89.9 Å². The summed E-state index contributed by atoms with van der Waals surface area (Å²) >= 11 is 0. The zero-order valence-electron chi connectivity index (χ0n) is 18.6. The Labute approximate surface area is 175 Å². The second-order valence-corrected chi connectivity index (χ2v) is 7.80. The van der Waals surface area contributed by atoms with Crippen molar-refractivity contribution in [1.29, 1.82) is 0 Å². The van der Waals surface area contributed by atoms with Crippen molar-refractivity contribution in [3.8, 4) is 0 Å². The highest BCUT2D eigenvalue weighted by molar-refractivity contribution is 5.91. The molecule has 2 N–H and O–H groups in total. The highest BCUT2D eigenvalue weighted by atomic mass is 16.1. The van der Waals surface area contributed by atoms with Gasteiger partial charge in [0.1, 0.15) is 0 Å². The van der Waals surface area contributed by atoms with Gasteiger partial charge in [0.25, 0.3) is 0 Å². The summed E-state index contributed by atoms with van der Waals surface area (Å²) in [5.74, 6) is -0.373. The largest absolute Gasteiger partial charge is 0.366 e. The molecule has 0 aromatic carbocycles. The summed E-state index contributed by atoms with van der Waals surface area (Å²) in [6.07, 6.45) is 34.7. The highest BCUT2D eigenvalue weighted by Gasteiger charge is 1.94. The van der Waals surface area contributed by atoms with Crippen LogP contribution < -0.4 is 5.73 Å². The number of carbonyl (C=O) groups is 1. The molecule has 160 valence electrons. The highest BCUT2D eigenvalue weighted by Crippen LogP contribution is 2.13. The Morgan fingerprint density at radius 3 is 1.57 bits per heavy atom. The Hall–Kier alpha value is -1.57. The minimum absolute atomic E-state index is 0.373. The van der Waals surface area contributed by atoms with Crippen LogP contribution in [-0.2, 0) is 4.79 Å². The van der Waals surface area contributed by atoms with Crippen molar-refractivity contribution in [3.05, 3.63) is 48.1 Å². The van der Waals surface area contributed by atoms with Gasteiger partial charge in [-0.05, 0) is 19.8 Å². The Bertz CT molecular complexity index is 471. The molecule has 2 nitrogen and oxygen atoms in total. The van der Waals surface area contributed by atoms with Crippen LogP contribution in [0.3, 0.4) is 0 Å². The van der Waals surface area contributed by atoms with Crippen molar-refractivity contribution >= 4 is 5.91 Å². The summed E-state index contributed by atoms with van der Waals surface area (Å²) in [5.41, 5.74) is 5.72. The smallest absolute Gasteiger partial charge is 0.244 e. The molecule has 0 aliphatic rings. The first kappa shape index (κ1) is 26.4. The van der Waals surface area contributed by atoms with Crippen LogP contribution in [0.2, 0.25) is 0 Å². The predicted octanol–water partition coefficient (Wildman–Crippen LogP) is 7.96. The average molecular weight is 388 g/mol. The van der Waals surface area contributed by atoms with Gasteiger partial charge in [0.05, 0.1) is 0 Å². The summed E-state index contributed by atoms with van der Waals surface area (Å²) in [5, 5.41) is 0. The molecule has 0 radical (unpaired) electrons. The van der Waals surface area contributed by atoms with Crippen LogP contribution in [0, 0.1) is 0 Å². The number of rotatable bonds is 19. The Morgan fingerprint density at radius 2 is 1.07 bits per heavy atom. The summed E-state index contributed by atoms with van der Waals surface area (Å²) in [4.78, 5) is 10.8. The number of nitrogens with two attached hydrogens (primary N) is 1. The van der Waals surface area contributed by atoms with Crippen LogP contribution >= 0.6 is 0 Å². The molecule has 0 spiro atoms. The van der Waals surface area contributed by atoms with Crippen LogP contribution in [0.1, 0.15) is 110 Å². The van der Waals surface area contributed by atoms with Crippen LogP contribution in [0.5, 0.6) is 0 Å². The van der Waals surface area contributed by atoms with E-state index in [0.717, 1.165) is 6.42 Å². The molecular formula is C26H45NO. The molecule has 0 atom stereocenters. The SMILES string of the molecule is CCCCCCCCCCCCCCCC/C=C/C=C/C=C/C=C(\C)C(N)=O. The molecule has 0 aromatic heterocycles. The normalized spacial score (nSPS) is 12.7. The molecule has 0 unspecified atom stereocenters. The van der Waals surface area contributed by atoms with Gasteiger partial charge in [-0.25, -0.2) is 0 Å². The van der Waals surface area contributed by atoms with Gasteiger partial charge in [-0.1, -0.05) is 133 Å². The van der Waals surface area contributed by atoms with Crippen molar-refractivity contribution in [2.24, 2.45) is 5.73 Å². The maximum Gasteiger partial charge on any atom is 0.244 e. The summed E-state index contributed by atoms with van der Waals surface area (Å²) in [7, 11) is 0. The van der Waals surface area contributed by atoms with Crippen molar-refractivity contribution in [2.45, 2.75) is 110 Å². The van der Waals surface area contributed by atoms with E-state index < -0.39 is 0 Å². The molecule has 0 aliphatic carbocycles. The Kier molecular flexibility index (Phi) is 20.5. The molecule has 0 heterocycles. The third kappa shape index (κ3) is 20.7. The van der Waals surface area contributed by atoms with Crippen molar-refractivity contribution in [3.63, 3.8) is 0 Å². The van der Waals surface area contributed by atoms with Gasteiger partial charge in [-0.3, -0.25) is 4.79 Å². The van der Waals surface area contributed by atoms with Gasteiger partial charge in [0.15, 0.2) is 0 Å². The van der Waals surface area contributed by atoms with Crippen LogP contribution in [0.4, 0.5) is 0 Å². The lowest BCUT2D eigenvalue weighted by molar-refractivity contribution is -0.114. The molecule has 28 heavy (non-hydrogen) atoms. The lowest BCUT2D eigenvalue weighted by Crippen LogP contribution is -2.11. The van der Waals surface area contributed by atoms with Gasteiger partial charge >= 0.3 is 0 Å². The lowest BCUT2D eigenvalue weighted by Gasteiger charge is -2.02. The molecule has 0 saturated heterocycles. The van der Waals surface area contributed by atoms with E-state index >= 15 is 0 Å². The summed E-state index contributed by atoms with van der Waals surface area (Å²) in [6.45, 7) is 4.00. The number of allylic oxidation sites excluding steroid dienone is 7. The average Bonchev–Trinajstić information content (AvgIpc) is 2.68. The first-order valence-corrected chi connectivity index (χ1v) is 11.6. The topological polar surface area (TPSA) is 43.1 Å². The zero-order chi connectivity index (χ0) is 20.7. The minimum Gasteiger partial charge on any atom is -0.366 e. The second kappa shape index (κ2) is 21.7. The summed E-state index contributed by atoms with van der Waals surface area (Å²) in [6, 6.07) is 0. The van der Waals surface area contributed by atoms with Crippen LogP contribution in [-0.4, -0.2) is 5.91 Å². The van der Waals surface area contributed by atoms with E-state index in [9.17, 15) is 4.79 Å². The van der Waals surface area contributed by atoms with Gasteiger partial charge in [-0.15, -0.1) is 0 Å². The van der Waals surface area contributed by atoms with E-state index in [4.69, 9.17) is 5.73 Å². The Morgan fingerprint density at radius 1 is 0.643 bits per heavy atom. The van der Waals surface area contributed by atoms with Crippen molar-refractivity contribution in [2.75, 3.05) is 0 Å². The van der Waals surface area contributed by atoms with E-state index in [1.807, 2.05) is 24.3 Å². The third-order valence-electron chi connectivity index (χ3n) is 5.04. The van der Waals surface area contributed by atoms with Gasteiger partial charge in [0.2, 0.25) is 5.91 Å². The molecule has 0 saturated carbocycles. The number of hydrogen-bond acceptors (Lipinski definition) is 1. The molecule has 2 heteroatoms. The molecule has 0 fully saturated rings. The molecule has 0 aliphatic heterocycles. The minimum atomic E-state index is -0.373. The van der Waals surface area contributed by atoms with E-state index in [1.54, 1.807) is 13.0 Å². The maximum atomic E-state index is 10.8. The Balaban J connectivity index is 3.34. The van der Waals surface area contributed by atoms with Crippen molar-refractivity contribution in [1.82, 2.24) is 0 Å². The van der Waals surface area contributed by atoms with E-state index in [2.05, 4.69) is 19.1 Å². The fraction of sp³-hybridized carbons (Fsp3) is 0.654. The van der Waals surface area contributed by atoms with E-state index in [-0.39, 0.29) is 5.91 Å². The third-order valence-corrected chi connectivity index (χ3v) is 5.04. The van der Waals surface area contributed by atoms with Gasteiger partial charge in [0, 0.05) is 5.57 Å². The number of unbranched alkanes of at least 4 members (excludes halogenated alkanes) is 14. The standard InChI is InChI=1S/C26H45NO/c1-3-4-5-6-7-8-9-10-11-12-13-14-15-16-17-18-19-20-21-22-23-24-25(2)26(27)28/h18-24H,3-17H2,1-2H3,(H2,27,28)/b19-18+,21-20+,23-22+,25-24+. The van der Waals surface area contributed by atoms with Crippen LogP contribution in [0.15, 0.2) is 48.1 Å². The second-order valence-electron chi connectivity index (χ2n) is 7.80. The van der Waals surface area contributed by atoms with Crippen molar-refractivity contribution < 1.29 is 4.79 Å². The molecule has 0 rings (SSSR count). The quantitative estimate of drug-likeness (QED) is 0.136. The van der Waals surface area contributed by atoms with E-state index in [0.29, 0.717) is 5.57 Å². The molecule has 0 bridgehead atoms. The number of amides is 1. The van der Waals surface area contributed by atoms with Gasteiger partial charge < -0.3 is 5.73 Å². The van der Waals surface area contributed by atoms with Crippen LogP contribution in [0.25, 0.3) is 0 Å².